The largest absolute Gasteiger partial charge is 0.462 e. The summed E-state index contributed by atoms with van der Waals surface area (Å²) in [6.07, 6.45) is 0. The number of carbonyl (C=O) groups excluding carboxylic acids is 2. The normalized spacial score (nSPS) is 10.4. The molecule has 0 spiro atoms. The average molecular weight is 386 g/mol. The van der Waals surface area contributed by atoms with Crippen LogP contribution in [0.25, 0.3) is 10.4 Å². The van der Waals surface area contributed by atoms with Crippen LogP contribution >= 0.6 is 22.9 Å². The van der Waals surface area contributed by atoms with Crippen molar-refractivity contribution in [2.45, 2.75) is 6.92 Å². The van der Waals surface area contributed by atoms with Gasteiger partial charge in [0.2, 0.25) is 0 Å². The number of esters is 1. The number of anilines is 1. The highest BCUT2D eigenvalue weighted by Gasteiger charge is 2.21. The second kappa shape index (κ2) is 8.17. The molecule has 132 valence electrons. The molecule has 0 saturated heterocycles. The van der Waals surface area contributed by atoms with Crippen molar-refractivity contribution >= 4 is 39.8 Å². The van der Waals surface area contributed by atoms with Crippen LogP contribution in [0, 0.1) is 0 Å². The van der Waals surface area contributed by atoms with Crippen molar-refractivity contribution < 1.29 is 14.3 Å². The molecule has 1 amide bonds. The van der Waals surface area contributed by atoms with Gasteiger partial charge >= 0.3 is 5.97 Å². The molecule has 0 saturated carbocycles. The highest BCUT2D eigenvalue weighted by atomic mass is 35.5. The van der Waals surface area contributed by atoms with Crippen LogP contribution in [0.2, 0.25) is 5.02 Å². The highest BCUT2D eigenvalue weighted by molar-refractivity contribution is 7.20. The number of hydrogen-bond donors (Lipinski definition) is 1. The van der Waals surface area contributed by atoms with Crippen molar-refractivity contribution in [3.8, 4) is 10.4 Å². The fourth-order valence-corrected chi connectivity index (χ4v) is 3.67. The van der Waals surface area contributed by atoms with Crippen LogP contribution in [-0.4, -0.2) is 18.5 Å². The first-order valence-electron chi connectivity index (χ1n) is 8.02. The summed E-state index contributed by atoms with van der Waals surface area (Å²) in [5.41, 5.74) is 1.64. The molecular weight excluding hydrogens is 370 g/mol. The Bertz CT molecular complexity index is 937. The number of ether oxygens (including phenoxy) is 1. The smallest absolute Gasteiger partial charge is 0.341 e. The van der Waals surface area contributed by atoms with E-state index < -0.39 is 5.97 Å². The van der Waals surface area contributed by atoms with E-state index in [2.05, 4.69) is 5.32 Å². The monoisotopic (exact) mass is 385 g/mol. The van der Waals surface area contributed by atoms with Gasteiger partial charge in [-0.3, -0.25) is 4.79 Å². The van der Waals surface area contributed by atoms with Gasteiger partial charge in [0.25, 0.3) is 5.91 Å². The Morgan fingerprint density at radius 2 is 1.73 bits per heavy atom. The molecule has 0 bridgehead atoms. The van der Waals surface area contributed by atoms with E-state index in [1.165, 1.54) is 11.3 Å². The second-order valence-corrected chi connectivity index (χ2v) is 6.83. The molecule has 4 nitrogen and oxygen atoms in total. The maximum absolute atomic E-state index is 12.6. The minimum atomic E-state index is -0.472. The Morgan fingerprint density at radius 1 is 1.04 bits per heavy atom. The minimum absolute atomic E-state index is 0.257. The summed E-state index contributed by atoms with van der Waals surface area (Å²) >= 11 is 7.41. The lowest BCUT2D eigenvalue weighted by Crippen LogP contribution is -2.14. The molecule has 1 N–H and O–H groups in total. The lowest BCUT2D eigenvalue weighted by Gasteiger charge is -2.07. The molecule has 0 unspecified atom stereocenters. The fraction of sp³-hybridized carbons (Fsp3) is 0.100. The molecule has 0 aliphatic carbocycles. The molecule has 26 heavy (non-hydrogen) atoms. The van der Waals surface area contributed by atoms with Gasteiger partial charge in [0, 0.05) is 4.88 Å². The molecule has 0 radical (unpaired) electrons. The average Bonchev–Trinajstić information content (AvgIpc) is 3.07. The molecule has 3 rings (SSSR count). The lowest BCUT2D eigenvalue weighted by molar-refractivity contribution is 0.0528. The van der Waals surface area contributed by atoms with Crippen LogP contribution in [0.3, 0.4) is 0 Å². The van der Waals surface area contributed by atoms with E-state index in [-0.39, 0.29) is 12.5 Å². The van der Waals surface area contributed by atoms with Gasteiger partial charge in [-0.05, 0) is 30.7 Å². The van der Waals surface area contributed by atoms with Crippen molar-refractivity contribution in [1.29, 1.82) is 0 Å². The number of hydrogen-bond acceptors (Lipinski definition) is 4. The predicted octanol–water partition coefficient (Wildman–Crippen LogP) is 5.50. The Hall–Kier alpha value is -2.63. The summed E-state index contributed by atoms with van der Waals surface area (Å²) in [6, 6.07) is 18.1. The van der Waals surface area contributed by atoms with Gasteiger partial charge in [0.1, 0.15) is 5.00 Å². The predicted molar refractivity (Wildman–Crippen MR) is 105 cm³/mol. The van der Waals surface area contributed by atoms with Crippen LogP contribution in [0.5, 0.6) is 0 Å². The fourth-order valence-electron chi connectivity index (χ4n) is 2.40. The van der Waals surface area contributed by atoms with Gasteiger partial charge in [0.15, 0.2) is 0 Å². The Labute approximate surface area is 160 Å². The van der Waals surface area contributed by atoms with Gasteiger partial charge < -0.3 is 10.1 Å². The zero-order valence-electron chi connectivity index (χ0n) is 14.0. The number of benzene rings is 2. The number of thiophene rings is 1. The van der Waals surface area contributed by atoms with Crippen molar-refractivity contribution in [3.05, 3.63) is 76.8 Å². The number of amides is 1. The van der Waals surface area contributed by atoms with E-state index in [0.29, 0.717) is 21.2 Å². The summed E-state index contributed by atoms with van der Waals surface area (Å²) in [4.78, 5) is 25.7. The summed E-state index contributed by atoms with van der Waals surface area (Å²) in [5.74, 6) is -0.844. The van der Waals surface area contributed by atoms with Crippen LogP contribution in [0.15, 0.2) is 60.7 Å². The maximum Gasteiger partial charge on any atom is 0.341 e. The third-order valence-corrected chi connectivity index (χ3v) is 5.06. The molecule has 2 aromatic carbocycles. The molecular formula is C20H16ClNO3S. The van der Waals surface area contributed by atoms with Crippen molar-refractivity contribution in [2.75, 3.05) is 11.9 Å². The summed E-state index contributed by atoms with van der Waals surface area (Å²) in [5, 5.41) is 3.58. The van der Waals surface area contributed by atoms with Crippen LogP contribution in [-0.2, 0) is 4.74 Å². The van der Waals surface area contributed by atoms with E-state index >= 15 is 0 Å². The number of carbonyl (C=O) groups is 2. The lowest BCUT2D eigenvalue weighted by atomic mass is 10.1. The number of nitrogens with one attached hydrogen (secondary N) is 1. The molecule has 0 atom stereocenters. The zero-order chi connectivity index (χ0) is 18.5. The third-order valence-electron chi connectivity index (χ3n) is 3.63. The molecule has 1 heterocycles. The second-order valence-electron chi connectivity index (χ2n) is 5.37. The highest BCUT2D eigenvalue weighted by Crippen LogP contribution is 2.36. The molecule has 6 heteroatoms. The first-order valence-corrected chi connectivity index (χ1v) is 9.22. The van der Waals surface area contributed by atoms with Crippen LogP contribution in [0.4, 0.5) is 5.00 Å². The van der Waals surface area contributed by atoms with Gasteiger partial charge in [0.05, 0.1) is 22.8 Å². The van der Waals surface area contributed by atoms with Crippen molar-refractivity contribution in [3.63, 3.8) is 0 Å². The minimum Gasteiger partial charge on any atom is -0.462 e. The molecule has 0 fully saturated rings. The topological polar surface area (TPSA) is 55.4 Å². The van der Waals surface area contributed by atoms with Crippen LogP contribution in [0.1, 0.15) is 27.6 Å². The van der Waals surface area contributed by atoms with Gasteiger partial charge in [-0.25, -0.2) is 4.79 Å². The maximum atomic E-state index is 12.6. The van der Waals surface area contributed by atoms with Crippen molar-refractivity contribution in [2.24, 2.45) is 0 Å². The SMILES string of the molecule is CCOC(=O)c1cc(-c2ccccc2)sc1NC(=O)c1ccccc1Cl. The summed E-state index contributed by atoms with van der Waals surface area (Å²) < 4.78 is 5.12. The first-order chi connectivity index (χ1) is 12.6. The van der Waals surface area contributed by atoms with Gasteiger partial charge in [-0.1, -0.05) is 54.1 Å². The van der Waals surface area contributed by atoms with Gasteiger partial charge in [-0.15, -0.1) is 11.3 Å². The summed E-state index contributed by atoms with van der Waals surface area (Å²) in [7, 11) is 0. The van der Waals surface area contributed by atoms with Crippen LogP contribution < -0.4 is 5.32 Å². The van der Waals surface area contributed by atoms with Crippen molar-refractivity contribution in [1.82, 2.24) is 0 Å². The molecule has 1 aromatic heterocycles. The van der Waals surface area contributed by atoms with E-state index in [4.69, 9.17) is 16.3 Å². The van der Waals surface area contributed by atoms with E-state index in [0.717, 1.165) is 10.4 Å². The zero-order valence-corrected chi connectivity index (χ0v) is 15.6. The molecule has 0 aliphatic heterocycles. The Balaban J connectivity index is 1.96. The Kier molecular flexibility index (Phi) is 5.71. The van der Waals surface area contributed by atoms with E-state index in [1.807, 2.05) is 30.3 Å². The standard InChI is InChI=1S/C20H16ClNO3S/c1-2-25-20(24)15-12-17(13-8-4-3-5-9-13)26-19(15)22-18(23)14-10-6-7-11-16(14)21/h3-12H,2H2,1H3,(H,22,23). The van der Waals surface area contributed by atoms with E-state index in [1.54, 1.807) is 37.3 Å². The number of rotatable bonds is 5. The van der Waals surface area contributed by atoms with E-state index in [9.17, 15) is 9.59 Å². The first kappa shape index (κ1) is 18.2. The number of halogens is 1. The summed E-state index contributed by atoms with van der Waals surface area (Å²) in [6.45, 7) is 2.00. The molecule has 3 aromatic rings. The quantitative estimate of drug-likeness (QED) is 0.590. The third kappa shape index (κ3) is 3.95. The Morgan fingerprint density at radius 3 is 2.42 bits per heavy atom. The van der Waals surface area contributed by atoms with Gasteiger partial charge in [-0.2, -0.15) is 0 Å². The molecule has 0 aliphatic rings.